The molecule has 24 heavy (non-hydrogen) atoms. The highest BCUT2D eigenvalue weighted by Gasteiger charge is 2.18. The molecule has 1 heterocycles. The number of amides is 1. The van der Waals surface area contributed by atoms with Crippen LogP contribution in [-0.2, 0) is 4.79 Å². The van der Waals surface area contributed by atoms with Crippen LogP contribution in [-0.4, -0.2) is 25.4 Å². The van der Waals surface area contributed by atoms with E-state index in [1.165, 1.54) is 6.92 Å². The van der Waals surface area contributed by atoms with Crippen LogP contribution in [0.1, 0.15) is 22.8 Å². The van der Waals surface area contributed by atoms with Gasteiger partial charge < -0.3 is 14.8 Å². The predicted octanol–water partition coefficient (Wildman–Crippen LogP) is 3.31. The molecule has 2 aromatic rings. The maximum atomic E-state index is 12.4. The molecule has 0 aliphatic carbocycles. The summed E-state index contributed by atoms with van der Waals surface area (Å²) in [5, 5.41) is 2.81. The lowest BCUT2D eigenvalue weighted by molar-refractivity contribution is -0.113. The monoisotopic (exact) mass is 323 g/mol. The Hall–Kier alpha value is -3.08. The smallest absolute Gasteiger partial charge is 0.255 e. The van der Waals surface area contributed by atoms with Gasteiger partial charge in [-0.1, -0.05) is 0 Å². The normalized spacial score (nSPS) is 12.5. The molecule has 2 aromatic carbocycles. The summed E-state index contributed by atoms with van der Waals surface area (Å²) >= 11 is 0. The summed E-state index contributed by atoms with van der Waals surface area (Å²) in [6, 6.07) is 12.2. The summed E-state index contributed by atoms with van der Waals surface area (Å²) in [6.07, 6.45) is 1.79. The van der Waals surface area contributed by atoms with Crippen LogP contribution in [0.5, 0.6) is 11.5 Å². The highest BCUT2D eigenvalue weighted by atomic mass is 16.5. The number of fused-ring (bicyclic) bond motifs is 1. The van der Waals surface area contributed by atoms with Crippen molar-refractivity contribution in [2.75, 3.05) is 19.0 Å². The maximum Gasteiger partial charge on any atom is 0.255 e. The molecule has 0 fully saturated rings. The quantitative estimate of drug-likeness (QED) is 0.877. The molecule has 0 unspecified atom stereocenters. The van der Waals surface area contributed by atoms with Crippen molar-refractivity contribution in [1.29, 1.82) is 0 Å². The molecule has 5 heteroatoms. The molecule has 0 bridgehead atoms. The van der Waals surface area contributed by atoms with Crippen molar-refractivity contribution in [3.63, 3.8) is 0 Å². The van der Waals surface area contributed by atoms with Crippen molar-refractivity contribution >= 4 is 23.5 Å². The minimum absolute atomic E-state index is 0.0122. The minimum atomic E-state index is -0.237. The van der Waals surface area contributed by atoms with E-state index in [0.29, 0.717) is 22.6 Å². The van der Waals surface area contributed by atoms with Crippen LogP contribution >= 0.6 is 0 Å². The second kappa shape index (κ2) is 6.58. The van der Waals surface area contributed by atoms with Gasteiger partial charge in [0, 0.05) is 16.8 Å². The molecular formula is C19H17NO4. The van der Waals surface area contributed by atoms with E-state index in [1.807, 2.05) is 18.2 Å². The number of anilines is 1. The van der Waals surface area contributed by atoms with Crippen molar-refractivity contribution in [2.24, 2.45) is 0 Å². The average molecular weight is 323 g/mol. The zero-order valence-electron chi connectivity index (χ0n) is 13.5. The van der Waals surface area contributed by atoms with Gasteiger partial charge >= 0.3 is 0 Å². The standard InChI is InChI=1S/C19H17NO4/c1-12(21)13-3-5-16(6-4-13)20-19(22)15-9-14-10-17(23-2)7-8-18(14)24-11-15/h3-10H,11H2,1-2H3,(H,20,22). The predicted molar refractivity (Wildman–Crippen MR) is 91.5 cm³/mol. The molecule has 1 aliphatic heterocycles. The zero-order chi connectivity index (χ0) is 17.1. The van der Waals surface area contributed by atoms with Gasteiger partial charge in [0.2, 0.25) is 0 Å². The molecule has 0 saturated heterocycles. The van der Waals surface area contributed by atoms with Crippen molar-refractivity contribution in [3.8, 4) is 11.5 Å². The lowest BCUT2D eigenvalue weighted by atomic mass is 10.1. The van der Waals surface area contributed by atoms with Gasteiger partial charge in [-0.2, -0.15) is 0 Å². The average Bonchev–Trinajstić information content (AvgIpc) is 2.61. The van der Waals surface area contributed by atoms with Crippen LogP contribution in [0.25, 0.3) is 6.08 Å². The Morgan fingerprint density at radius 2 is 1.88 bits per heavy atom. The molecule has 3 rings (SSSR count). The van der Waals surface area contributed by atoms with Crippen LogP contribution in [0.3, 0.4) is 0 Å². The zero-order valence-corrected chi connectivity index (χ0v) is 13.5. The number of methoxy groups -OCH3 is 1. The maximum absolute atomic E-state index is 12.4. The van der Waals surface area contributed by atoms with Crippen molar-refractivity contribution in [1.82, 2.24) is 0 Å². The van der Waals surface area contributed by atoms with E-state index in [0.717, 1.165) is 11.3 Å². The first-order valence-corrected chi connectivity index (χ1v) is 7.50. The highest BCUT2D eigenvalue weighted by molar-refractivity contribution is 6.07. The van der Waals surface area contributed by atoms with E-state index in [1.54, 1.807) is 37.5 Å². The van der Waals surface area contributed by atoms with Crippen LogP contribution in [0.2, 0.25) is 0 Å². The van der Waals surface area contributed by atoms with Crippen LogP contribution in [0.4, 0.5) is 5.69 Å². The molecule has 0 saturated carbocycles. The lowest BCUT2D eigenvalue weighted by Gasteiger charge is -2.18. The molecule has 1 aliphatic rings. The van der Waals surface area contributed by atoms with Gasteiger partial charge in [0.25, 0.3) is 5.91 Å². The first kappa shape index (κ1) is 15.8. The fourth-order valence-electron chi connectivity index (χ4n) is 2.41. The summed E-state index contributed by atoms with van der Waals surface area (Å²) < 4.78 is 10.8. The van der Waals surface area contributed by atoms with Crippen LogP contribution < -0.4 is 14.8 Å². The Kier molecular flexibility index (Phi) is 4.33. The van der Waals surface area contributed by atoms with Crippen molar-refractivity contribution < 1.29 is 19.1 Å². The van der Waals surface area contributed by atoms with Crippen molar-refractivity contribution in [3.05, 3.63) is 59.2 Å². The minimum Gasteiger partial charge on any atom is -0.497 e. The number of ether oxygens (including phenoxy) is 2. The molecule has 0 atom stereocenters. The fourth-order valence-corrected chi connectivity index (χ4v) is 2.41. The Balaban J connectivity index is 1.77. The van der Waals surface area contributed by atoms with E-state index in [2.05, 4.69) is 5.32 Å². The van der Waals surface area contributed by atoms with E-state index in [9.17, 15) is 9.59 Å². The summed E-state index contributed by atoms with van der Waals surface area (Å²) in [7, 11) is 1.59. The first-order chi connectivity index (χ1) is 11.6. The summed E-state index contributed by atoms with van der Waals surface area (Å²) in [5.41, 5.74) is 2.56. The number of benzene rings is 2. The van der Waals surface area contributed by atoms with Gasteiger partial charge in [0.05, 0.1) is 12.7 Å². The molecule has 122 valence electrons. The van der Waals surface area contributed by atoms with Crippen LogP contribution in [0.15, 0.2) is 48.0 Å². The summed E-state index contributed by atoms with van der Waals surface area (Å²) in [5.74, 6) is 1.18. The second-order valence-electron chi connectivity index (χ2n) is 5.45. The van der Waals surface area contributed by atoms with Gasteiger partial charge in [-0.3, -0.25) is 9.59 Å². The number of rotatable bonds is 4. The number of hydrogen-bond donors (Lipinski definition) is 1. The number of Topliss-reactive ketones (excluding diaryl/α,β-unsaturated/α-hetero) is 1. The van der Waals surface area contributed by atoms with Gasteiger partial charge in [-0.25, -0.2) is 0 Å². The Bertz CT molecular complexity index is 822. The number of nitrogens with one attached hydrogen (secondary N) is 1. The molecule has 0 aromatic heterocycles. The van der Waals surface area contributed by atoms with Gasteiger partial charge in [-0.05, 0) is 55.5 Å². The van der Waals surface area contributed by atoms with E-state index in [-0.39, 0.29) is 18.3 Å². The molecule has 0 radical (unpaired) electrons. The molecule has 1 N–H and O–H groups in total. The Labute approximate surface area is 139 Å². The van der Waals surface area contributed by atoms with Gasteiger partial charge in [0.1, 0.15) is 18.1 Å². The highest BCUT2D eigenvalue weighted by Crippen LogP contribution is 2.30. The first-order valence-electron chi connectivity index (χ1n) is 7.50. The largest absolute Gasteiger partial charge is 0.497 e. The van der Waals surface area contributed by atoms with Crippen LogP contribution in [0, 0.1) is 0 Å². The third-order valence-corrected chi connectivity index (χ3v) is 3.77. The van der Waals surface area contributed by atoms with E-state index < -0.39 is 0 Å². The Morgan fingerprint density at radius 1 is 1.12 bits per heavy atom. The van der Waals surface area contributed by atoms with Crippen molar-refractivity contribution in [2.45, 2.75) is 6.92 Å². The lowest BCUT2D eigenvalue weighted by Crippen LogP contribution is -2.21. The SMILES string of the molecule is COc1ccc2c(c1)C=C(C(=O)Nc1ccc(C(C)=O)cc1)CO2. The number of ketones is 1. The molecule has 0 spiro atoms. The van der Waals surface area contributed by atoms with Gasteiger partial charge in [0.15, 0.2) is 5.78 Å². The number of carbonyl (C=O) groups excluding carboxylic acids is 2. The van der Waals surface area contributed by atoms with Gasteiger partial charge in [-0.15, -0.1) is 0 Å². The third-order valence-electron chi connectivity index (χ3n) is 3.77. The number of carbonyl (C=O) groups is 2. The fraction of sp³-hybridized carbons (Fsp3) is 0.158. The molecule has 5 nitrogen and oxygen atoms in total. The summed E-state index contributed by atoms with van der Waals surface area (Å²) in [6.45, 7) is 1.71. The second-order valence-corrected chi connectivity index (χ2v) is 5.45. The topological polar surface area (TPSA) is 64.6 Å². The Morgan fingerprint density at radius 3 is 2.54 bits per heavy atom. The number of hydrogen-bond acceptors (Lipinski definition) is 4. The van der Waals surface area contributed by atoms with E-state index in [4.69, 9.17) is 9.47 Å². The molecular weight excluding hydrogens is 306 g/mol. The molecule has 1 amide bonds. The third kappa shape index (κ3) is 3.30. The van der Waals surface area contributed by atoms with E-state index >= 15 is 0 Å². The summed E-state index contributed by atoms with van der Waals surface area (Å²) in [4.78, 5) is 23.7.